The van der Waals surface area contributed by atoms with E-state index in [4.69, 9.17) is 10.2 Å². The molecular weight excluding hydrogens is 270 g/mol. The Morgan fingerprint density at radius 1 is 1.32 bits per heavy atom. The average molecular weight is 287 g/mol. The zero-order valence-corrected chi connectivity index (χ0v) is 11.5. The fraction of sp³-hybridized carbons (Fsp3) is 0.417. The number of carbonyl (C=O) groups is 1. The van der Waals surface area contributed by atoms with E-state index in [2.05, 4.69) is 5.32 Å². The zero-order valence-electron chi connectivity index (χ0n) is 10.7. The third-order valence-corrected chi connectivity index (χ3v) is 3.84. The summed E-state index contributed by atoms with van der Waals surface area (Å²) in [7, 11) is -3.22. The summed E-state index contributed by atoms with van der Waals surface area (Å²) in [6, 6.07) is 6.11. The SMILES string of the molecule is C[C@H](NC[C@@H](O)C(=O)O)c1ccc(S(C)(=O)=O)cc1. The maximum absolute atomic E-state index is 11.3. The Labute approximate surface area is 112 Å². The minimum absolute atomic E-state index is 0.0790. The van der Waals surface area contributed by atoms with Crippen LogP contribution in [0, 0.1) is 0 Å². The molecule has 0 aliphatic carbocycles. The molecule has 0 heterocycles. The monoisotopic (exact) mass is 287 g/mol. The lowest BCUT2D eigenvalue weighted by Crippen LogP contribution is -2.34. The van der Waals surface area contributed by atoms with E-state index in [1.54, 1.807) is 19.1 Å². The van der Waals surface area contributed by atoms with Gasteiger partial charge in [-0.05, 0) is 24.6 Å². The molecule has 19 heavy (non-hydrogen) atoms. The molecule has 1 aromatic carbocycles. The van der Waals surface area contributed by atoms with Gasteiger partial charge in [0.05, 0.1) is 4.90 Å². The van der Waals surface area contributed by atoms with Crippen molar-refractivity contribution in [2.75, 3.05) is 12.8 Å². The molecule has 7 heteroatoms. The zero-order chi connectivity index (χ0) is 14.6. The van der Waals surface area contributed by atoms with E-state index in [1.807, 2.05) is 0 Å². The van der Waals surface area contributed by atoms with Crippen LogP contribution in [-0.2, 0) is 14.6 Å². The lowest BCUT2D eigenvalue weighted by atomic mass is 10.1. The number of hydrogen-bond acceptors (Lipinski definition) is 5. The van der Waals surface area contributed by atoms with Crippen molar-refractivity contribution in [3.63, 3.8) is 0 Å². The first-order chi connectivity index (χ1) is 8.71. The molecule has 1 rings (SSSR count). The van der Waals surface area contributed by atoms with Crippen LogP contribution in [0.3, 0.4) is 0 Å². The van der Waals surface area contributed by atoms with Crippen LogP contribution in [0.25, 0.3) is 0 Å². The molecule has 0 saturated carbocycles. The highest BCUT2D eigenvalue weighted by molar-refractivity contribution is 7.90. The number of carboxylic acid groups (broad SMARTS) is 1. The van der Waals surface area contributed by atoms with Crippen LogP contribution < -0.4 is 5.32 Å². The highest BCUT2D eigenvalue weighted by Crippen LogP contribution is 2.16. The van der Waals surface area contributed by atoms with Crippen molar-refractivity contribution in [1.82, 2.24) is 5.32 Å². The Bertz CT molecular complexity index is 538. The lowest BCUT2D eigenvalue weighted by molar-refractivity contribution is -0.146. The molecule has 6 nitrogen and oxygen atoms in total. The Hall–Kier alpha value is -1.44. The molecule has 0 bridgehead atoms. The van der Waals surface area contributed by atoms with Crippen LogP contribution in [0.5, 0.6) is 0 Å². The van der Waals surface area contributed by atoms with Crippen LogP contribution in [-0.4, -0.2) is 43.5 Å². The van der Waals surface area contributed by atoms with Crippen molar-refractivity contribution in [1.29, 1.82) is 0 Å². The normalized spacial score (nSPS) is 14.9. The molecule has 106 valence electrons. The minimum atomic E-state index is -3.22. The molecule has 0 spiro atoms. The molecule has 0 radical (unpaired) electrons. The summed E-state index contributed by atoms with van der Waals surface area (Å²) < 4.78 is 22.6. The van der Waals surface area contributed by atoms with Crippen molar-refractivity contribution >= 4 is 15.8 Å². The van der Waals surface area contributed by atoms with E-state index in [1.165, 1.54) is 12.1 Å². The molecule has 1 aromatic rings. The molecule has 0 aliphatic rings. The minimum Gasteiger partial charge on any atom is -0.479 e. The summed E-state index contributed by atoms with van der Waals surface area (Å²) in [6.07, 6.45) is -0.329. The summed E-state index contributed by atoms with van der Waals surface area (Å²) in [5, 5.41) is 20.5. The van der Waals surface area contributed by atoms with E-state index < -0.39 is 21.9 Å². The summed E-state index contributed by atoms with van der Waals surface area (Å²) >= 11 is 0. The predicted molar refractivity (Wildman–Crippen MR) is 69.6 cm³/mol. The number of sulfone groups is 1. The number of hydrogen-bond donors (Lipinski definition) is 3. The number of carboxylic acids is 1. The Balaban J connectivity index is 2.68. The summed E-state index contributed by atoms with van der Waals surface area (Å²) in [6.45, 7) is 1.72. The maximum atomic E-state index is 11.3. The number of nitrogens with one attached hydrogen (secondary N) is 1. The van der Waals surface area contributed by atoms with Gasteiger partial charge in [0.15, 0.2) is 15.9 Å². The fourth-order valence-electron chi connectivity index (χ4n) is 1.50. The standard InChI is InChI=1S/C12H17NO5S/c1-8(13-7-11(14)12(15)16)9-3-5-10(6-4-9)19(2,17)18/h3-6,8,11,13-14H,7H2,1-2H3,(H,15,16)/t8-,11+/m0/s1. The van der Waals surface area contributed by atoms with Gasteiger partial charge < -0.3 is 15.5 Å². The van der Waals surface area contributed by atoms with Crippen molar-refractivity contribution < 1.29 is 23.4 Å². The van der Waals surface area contributed by atoms with E-state index in [-0.39, 0.29) is 17.5 Å². The largest absolute Gasteiger partial charge is 0.479 e. The van der Waals surface area contributed by atoms with Gasteiger partial charge in [-0.15, -0.1) is 0 Å². The Morgan fingerprint density at radius 2 is 1.84 bits per heavy atom. The molecular formula is C12H17NO5S. The third-order valence-electron chi connectivity index (χ3n) is 2.71. The Kier molecular flexibility index (Phi) is 5.04. The summed E-state index contributed by atoms with van der Waals surface area (Å²) in [5.74, 6) is -1.29. The smallest absolute Gasteiger partial charge is 0.333 e. The highest BCUT2D eigenvalue weighted by atomic mass is 32.2. The van der Waals surface area contributed by atoms with Gasteiger partial charge in [0.1, 0.15) is 0 Å². The van der Waals surface area contributed by atoms with Crippen LogP contribution in [0.2, 0.25) is 0 Å². The van der Waals surface area contributed by atoms with Crippen LogP contribution in [0.1, 0.15) is 18.5 Å². The molecule has 0 unspecified atom stereocenters. The van der Waals surface area contributed by atoms with Gasteiger partial charge in [-0.1, -0.05) is 12.1 Å². The maximum Gasteiger partial charge on any atom is 0.333 e. The van der Waals surface area contributed by atoms with Gasteiger partial charge in [0.25, 0.3) is 0 Å². The molecule has 3 N–H and O–H groups in total. The molecule has 2 atom stereocenters. The quantitative estimate of drug-likeness (QED) is 0.690. The molecule has 0 aliphatic heterocycles. The molecule has 0 amide bonds. The summed E-state index contributed by atoms with van der Waals surface area (Å²) in [5.41, 5.74) is 0.810. The first-order valence-corrected chi connectivity index (χ1v) is 7.55. The lowest BCUT2D eigenvalue weighted by Gasteiger charge is -2.15. The second kappa shape index (κ2) is 6.14. The van der Waals surface area contributed by atoms with E-state index in [9.17, 15) is 13.2 Å². The average Bonchev–Trinajstić information content (AvgIpc) is 2.34. The second-order valence-corrected chi connectivity index (χ2v) is 6.34. The van der Waals surface area contributed by atoms with E-state index in [0.29, 0.717) is 0 Å². The third kappa shape index (κ3) is 4.62. The van der Waals surface area contributed by atoms with Gasteiger partial charge in [-0.25, -0.2) is 13.2 Å². The van der Waals surface area contributed by atoms with Crippen molar-refractivity contribution in [3.8, 4) is 0 Å². The topological polar surface area (TPSA) is 104 Å². The van der Waals surface area contributed by atoms with E-state index >= 15 is 0 Å². The summed E-state index contributed by atoms with van der Waals surface area (Å²) in [4.78, 5) is 10.7. The molecule has 0 saturated heterocycles. The molecule has 0 fully saturated rings. The number of aliphatic hydroxyl groups is 1. The first kappa shape index (κ1) is 15.6. The number of rotatable bonds is 6. The van der Waals surface area contributed by atoms with Crippen LogP contribution in [0.15, 0.2) is 29.2 Å². The number of benzene rings is 1. The van der Waals surface area contributed by atoms with Gasteiger partial charge in [-0.2, -0.15) is 0 Å². The van der Waals surface area contributed by atoms with Gasteiger partial charge in [0.2, 0.25) is 0 Å². The van der Waals surface area contributed by atoms with Gasteiger partial charge >= 0.3 is 5.97 Å². The van der Waals surface area contributed by atoms with Crippen molar-refractivity contribution in [2.45, 2.75) is 24.0 Å². The van der Waals surface area contributed by atoms with Crippen molar-refractivity contribution in [3.05, 3.63) is 29.8 Å². The molecule has 0 aromatic heterocycles. The predicted octanol–water partition coefficient (Wildman–Crippen LogP) is 0.186. The van der Waals surface area contributed by atoms with Gasteiger partial charge in [0, 0.05) is 18.8 Å². The second-order valence-electron chi connectivity index (χ2n) is 4.33. The number of aliphatic carboxylic acids is 1. The highest BCUT2D eigenvalue weighted by Gasteiger charge is 2.15. The fourth-order valence-corrected chi connectivity index (χ4v) is 2.13. The number of aliphatic hydroxyl groups excluding tert-OH is 1. The Morgan fingerprint density at radius 3 is 2.26 bits per heavy atom. The van der Waals surface area contributed by atoms with Gasteiger partial charge in [-0.3, -0.25) is 0 Å². The van der Waals surface area contributed by atoms with Crippen LogP contribution >= 0.6 is 0 Å². The van der Waals surface area contributed by atoms with Crippen molar-refractivity contribution in [2.24, 2.45) is 0 Å². The first-order valence-electron chi connectivity index (χ1n) is 5.66. The van der Waals surface area contributed by atoms with Crippen LogP contribution in [0.4, 0.5) is 0 Å². The van der Waals surface area contributed by atoms with E-state index in [0.717, 1.165) is 11.8 Å².